The fourth-order valence-corrected chi connectivity index (χ4v) is 4.02. The molecule has 0 saturated heterocycles. The molecule has 0 aromatic heterocycles. The molecule has 2 aliphatic rings. The quantitative estimate of drug-likeness (QED) is 0.731. The number of nitrogens with zero attached hydrogens (tertiary/aromatic N) is 1. The highest BCUT2D eigenvalue weighted by Gasteiger charge is 2.32. The maximum absolute atomic E-state index is 12.3. The van der Waals surface area contributed by atoms with E-state index in [-0.39, 0.29) is 23.8 Å². The average molecular weight is 359 g/mol. The van der Waals surface area contributed by atoms with Crippen molar-refractivity contribution in [2.45, 2.75) is 44.9 Å². The number of carbonyl (C=O) groups excluding carboxylic acids is 2. The van der Waals surface area contributed by atoms with Gasteiger partial charge < -0.3 is 20.7 Å². The van der Waals surface area contributed by atoms with Crippen LogP contribution in [0.5, 0.6) is 5.75 Å². The molecule has 0 radical (unpaired) electrons. The second-order valence-electron chi connectivity index (χ2n) is 7.45. The van der Waals surface area contributed by atoms with Gasteiger partial charge in [-0.25, -0.2) is 0 Å². The molecule has 2 amide bonds. The molecule has 0 spiro atoms. The summed E-state index contributed by atoms with van der Waals surface area (Å²) in [5.74, 6) is 0.767. The van der Waals surface area contributed by atoms with E-state index in [9.17, 15) is 9.59 Å². The van der Waals surface area contributed by atoms with Gasteiger partial charge in [-0.2, -0.15) is 0 Å². The molecule has 3 N–H and O–H groups in total. The van der Waals surface area contributed by atoms with Crippen molar-refractivity contribution in [2.75, 3.05) is 31.1 Å². The van der Waals surface area contributed by atoms with Crippen LogP contribution in [0.3, 0.4) is 0 Å². The number of fused-ring (bicyclic) bond motifs is 1. The highest BCUT2D eigenvalue weighted by atomic mass is 16.5. The van der Waals surface area contributed by atoms with E-state index in [1.165, 1.54) is 19.3 Å². The number of ether oxygens (including phenoxy) is 1. The largest absolute Gasteiger partial charge is 0.482 e. The van der Waals surface area contributed by atoms with Crippen LogP contribution in [-0.2, 0) is 9.59 Å². The number of hydrogen-bond acceptors (Lipinski definition) is 4. The number of nitrogens with two attached hydrogens (primary N) is 1. The molecule has 6 nitrogen and oxygen atoms in total. The molecule has 0 atom stereocenters. The summed E-state index contributed by atoms with van der Waals surface area (Å²) in [6, 6.07) is 7.55. The second kappa shape index (κ2) is 8.54. The van der Waals surface area contributed by atoms with Crippen molar-refractivity contribution in [3.63, 3.8) is 0 Å². The SMILES string of the molecule is NCC1(CC(=O)NCCCN2C(=O)COc3ccccc32)CCCCC1. The monoisotopic (exact) mass is 359 g/mol. The van der Waals surface area contributed by atoms with E-state index in [2.05, 4.69) is 5.32 Å². The Hall–Kier alpha value is -2.08. The van der Waals surface area contributed by atoms with Gasteiger partial charge in [-0.15, -0.1) is 0 Å². The molecular formula is C20H29N3O3. The van der Waals surface area contributed by atoms with Crippen LogP contribution in [0.2, 0.25) is 0 Å². The molecule has 1 saturated carbocycles. The van der Waals surface area contributed by atoms with Crippen LogP contribution in [0.1, 0.15) is 44.9 Å². The van der Waals surface area contributed by atoms with E-state index in [0.29, 0.717) is 32.5 Å². The van der Waals surface area contributed by atoms with Gasteiger partial charge in [0.1, 0.15) is 5.75 Å². The van der Waals surface area contributed by atoms with E-state index < -0.39 is 0 Å². The minimum absolute atomic E-state index is 0.0125. The molecule has 1 fully saturated rings. The maximum atomic E-state index is 12.3. The number of amides is 2. The number of para-hydroxylation sites is 2. The number of benzene rings is 1. The van der Waals surface area contributed by atoms with Crippen molar-refractivity contribution < 1.29 is 14.3 Å². The van der Waals surface area contributed by atoms with Gasteiger partial charge in [0, 0.05) is 19.5 Å². The van der Waals surface area contributed by atoms with Crippen molar-refractivity contribution in [1.82, 2.24) is 5.32 Å². The first-order valence-corrected chi connectivity index (χ1v) is 9.62. The molecule has 0 bridgehead atoms. The van der Waals surface area contributed by atoms with Crippen LogP contribution in [0.25, 0.3) is 0 Å². The molecule has 1 aromatic carbocycles. The second-order valence-corrected chi connectivity index (χ2v) is 7.45. The van der Waals surface area contributed by atoms with Crippen LogP contribution in [-0.4, -0.2) is 38.1 Å². The van der Waals surface area contributed by atoms with Crippen molar-refractivity contribution >= 4 is 17.5 Å². The van der Waals surface area contributed by atoms with Gasteiger partial charge in [-0.1, -0.05) is 31.4 Å². The van der Waals surface area contributed by atoms with Crippen molar-refractivity contribution in [3.8, 4) is 5.75 Å². The van der Waals surface area contributed by atoms with Crippen LogP contribution >= 0.6 is 0 Å². The average Bonchev–Trinajstić information content (AvgIpc) is 2.67. The van der Waals surface area contributed by atoms with Crippen LogP contribution in [0.4, 0.5) is 5.69 Å². The van der Waals surface area contributed by atoms with Crippen LogP contribution in [0, 0.1) is 5.41 Å². The summed E-state index contributed by atoms with van der Waals surface area (Å²) in [6.45, 7) is 1.79. The Kier molecular flexibility index (Phi) is 6.14. The number of nitrogens with one attached hydrogen (secondary N) is 1. The van der Waals surface area contributed by atoms with Gasteiger partial charge >= 0.3 is 0 Å². The molecule has 1 aliphatic heterocycles. The zero-order valence-electron chi connectivity index (χ0n) is 15.3. The van der Waals surface area contributed by atoms with Gasteiger partial charge in [-0.05, 0) is 43.4 Å². The van der Waals surface area contributed by atoms with E-state index in [1.54, 1.807) is 4.90 Å². The minimum atomic E-state index is -0.0423. The fourth-order valence-electron chi connectivity index (χ4n) is 4.02. The molecule has 1 aromatic rings. The third kappa shape index (κ3) is 4.36. The third-order valence-corrected chi connectivity index (χ3v) is 5.57. The minimum Gasteiger partial charge on any atom is -0.482 e. The molecule has 1 heterocycles. The summed E-state index contributed by atoms with van der Waals surface area (Å²) in [7, 11) is 0. The lowest BCUT2D eigenvalue weighted by Gasteiger charge is -2.35. The summed E-state index contributed by atoms with van der Waals surface area (Å²) in [6.07, 6.45) is 6.92. The Labute approximate surface area is 155 Å². The van der Waals surface area contributed by atoms with Crippen molar-refractivity contribution in [2.24, 2.45) is 11.1 Å². The predicted molar refractivity (Wildman–Crippen MR) is 101 cm³/mol. The molecule has 1 aliphatic carbocycles. The molecule has 0 unspecified atom stereocenters. The first-order chi connectivity index (χ1) is 12.6. The summed E-state index contributed by atoms with van der Waals surface area (Å²) in [5, 5.41) is 3.00. The van der Waals surface area contributed by atoms with E-state index >= 15 is 0 Å². The lowest BCUT2D eigenvalue weighted by molar-refractivity contribution is -0.123. The Morgan fingerprint density at radius 1 is 1.23 bits per heavy atom. The van der Waals surface area contributed by atoms with Gasteiger partial charge in [0.05, 0.1) is 5.69 Å². The Morgan fingerprint density at radius 3 is 2.77 bits per heavy atom. The highest BCUT2D eigenvalue weighted by Crippen LogP contribution is 2.38. The van der Waals surface area contributed by atoms with Crippen LogP contribution < -0.4 is 20.7 Å². The van der Waals surface area contributed by atoms with Crippen molar-refractivity contribution in [3.05, 3.63) is 24.3 Å². The summed E-state index contributed by atoms with van der Waals surface area (Å²) in [4.78, 5) is 26.2. The van der Waals surface area contributed by atoms with Crippen molar-refractivity contribution in [1.29, 1.82) is 0 Å². The molecule has 142 valence electrons. The third-order valence-electron chi connectivity index (χ3n) is 5.57. The zero-order valence-corrected chi connectivity index (χ0v) is 15.3. The Balaban J connectivity index is 1.45. The molecular weight excluding hydrogens is 330 g/mol. The smallest absolute Gasteiger partial charge is 0.265 e. The zero-order chi connectivity index (χ0) is 18.4. The first-order valence-electron chi connectivity index (χ1n) is 9.62. The lowest BCUT2D eigenvalue weighted by Crippen LogP contribution is -2.41. The summed E-state index contributed by atoms with van der Waals surface area (Å²) in [5.41, 5.74) is 6.76. The van der Waals surface area contributed by atoms with Gasteiger partial charge in [0.15, 0.2) is 6.61 Å². The highest BCUT2D eigenvalue weighted by molar-refractivity contribution is 5.97. The standard InChI is InChI=1S/C20H29N3O3/c21-15-20(9-4-1-5-10-20)13-18(24)22-11-6-12-23-16-7-2-3-8-17(16)26-14-19(23)25/h2-3,7-8H,1,4-6,9-15,21H2,(H,22,24). The molecule has 3 rings (SSSR count). The molecule has 6 heteroatoms. The summed E-state index contributed by atoms with van der Waals surface area (Å²) >= 11 is 0. The lowest BCUT2D eigenvalue weighted by atomic mass is 9.71. The summed E-state index contributed by atoms with van der Waals surface area (Å²) < 4.78 is 5.45. The van der Waals surface area contributed by atoms with Gasteiger partial charge in [0.25, 0.3) is 5.91 Å². The topological polar surface area (TPSA) is 84.7 Å². The Bertz CT molecular complexity index is 641. The number of carbonyl (C=O) groups is 2. The van der Waals surface area contributed by atoms with E-state index in [1.807, 2.05) is 24.3 Å². The van der Waals surface area contributed by atoms with Crippen LogP contribution in [0.15, 0.2) is 24.3 Å². The molecule has 26 heavy (non-hydrogen) atoms. The van der Waals surface area contributed by atoms with Gasteiger partial charge in [-0.3, -0.25) is 9.59 Å². The van der Waals surface area contributed by atoms with E-state index in [4.69, 9.17) is 10.5 Å². The van der Waals surface area contributed by atoms with E-state index in [0.717, 1.165) is 24.3 Å². The van der Waals surface area contributed by atoms with Gasteiger partial charge in [0.2, 0.25) is 5.91 Å². The fraction of sp³-hybridized carbons (Fsp3) is 0.600. The number of hydrogen-bond donors (Lipinski definition) is 2. The number of anilines is 1. The normalized spacial score (nSPS) is 18.8. The number of rotatable bonds is 7. The Morgan fingerprint density at radius 2 is 2.00 bits per heavy atom. The first kappa shape index (κ1) is 18.7. The maximum Gasteiger partial charge on any atom is 0.265 e. The predicted octanol–water partition coefficient (Wildman–Crippen LogP) is 2.22.